The summed E-state index contributed by atoms with van der Waals surface area (Å²) in [6.45, 7) is 1.24. The van der Waals surface area contributed by atoms with E-state index < -0.39 is 6.29 Å². The van der Waals surface area contributed by atoms with Crippen LogP contribution in [0, 0.1) is 0 Å². The topological polar surface area (TPSA) is 83.6 Å². The van der Waals surface area contributed by atoms with Crippen molar-refractivity contribution in [1.29, 1.82) is 0 Å². The molecular formula is C18H18Cl2N4O3. The van der Waals surface area contributed by atoms with Gasteiger partial charge in [-0.3, -0.25) is 0 Å². The molecule has 2 aromatic heterocycles. The first-order valence-electron chi connectivity index (χ1n) is 8.52. The van der Waals surface area contributed by atoms with Crippen molar-refractivity contribution in [3.8, 4) is 5.69 Å². The summed E-state index contributed by atoms with van der Waals surface area (Å²) in [6, 6.07) is 5.64. The lowest BCUT2D eigenvalue weighted by atomic mass is 10.1. The van der Waals surface area contributed by atoms with Crippen molar-refractivity contribution in [3.05, 3.63) is 47.0 Å². The maximum Gasteiger partial charge on any atom is 0.175 e. The van der Waals surface area contributed by atoms with Crippen LogP contribution >= 0.6 is 23.2 Å². The molecule has 1 fully saturated rings. The standard InChI is InChI=1S/C18H18Cl2N4O3/c19-13-2-1-12-14(24-6-4-21-10-24)7-15(22-18(12)17(13)20)23-5-3-11(8-23)27-9-16(25)26/h1-2,4,6-7,10-11,16,25-26H,3,5,8-9H2/t11-/m1/s1. The molecule has 4 rings (SSSR count). The van der Waals surface area contributed by atoms with Gasteiger partial charge in [-0.1, -0.05) is 23.2 Å². The Balaban J connectivity index is 1.73. The number of anilines is 1. The van der Waals surface area contributed by atoms with Crippen LogP contribution in [0.3, 0.4) is 0 Å². The second-order valence-corrected chi connectivity index (χ2v) is 7.18. The van der Waals surface area contributed by atoms with Crippen LogP contribution in [0.4, 0.5) is 5.82 Å². The van der Waals surface area contributed by atoms with E-state index in [1.807, 2.05) is 22.9 Å². The summed E-state index contributed by atoms with van der Waals surface area (Å²) in [5.74, 6) is 0.756. The van der Waals surface area contributed by atoms with Gasteiger partial charge in [0.15, 0.2) is 6.29 Å². The molecule has 27 heavy (non-hydrogen) atoms. The molecule has 1 saturated heterocycles. The second-order valence-electron chi connectivity index (χ2n) is 6.40. The van der Waals surface area contributed by atoms with Crippen molar-refractivity contribution in [2.24, 2.45) is 0 Å². The number of imidazole rings is 1. The Morgan fingerprint density at radius 2 is 2.15 bits per heavy atom. The fourth-order valence-electron chi connectivity index (χ4n) is 3.27. The summed E-state index contributed by atoms with van der Waals surface area (Å²) in [7, 11) is 0. The Bertz CT molecular complexity index is 949. The van der Waals surface area contributed by atoms with E-state index in [9.17, 15) is 0 Å². The average Bonchev–Trinajstić information content (AvgIpc) is 3.34. The van der Waals surface area contributed by atoms with Crippen LogP contribution in [-0.4, -0.2) is 56.8 Å². The van der Waals surface area contributed by atoms with Crippen molar-refractivity contribution in [2.45, 2.75) is 18.8 Å². The second kappa shape index (κ2) is 7.61. The van der Waals surface area contributed by atoms with Crippen molar-refractivity contribution in [2.75, 3.05) is 24.6 Å². The zero-order chi connectivity index (χ0) is 19.0. The van der Waals surface area contributed by atoms with Gasteiger partial charge in [-0.05, 0) is 18.6 Å². The van der Waals surface area contributed by atoms with Crippen molar-refractivity contribution >= 4 is 39.9 Å². The highest BCUT2D eigenvalue weighted by atomic mass is 35.5. The Labute approximate surface area is 165 Å². The molecule has 0 spiro atoms. The third kappa shape index (κ3) is 3.74. The van der Waals surface area contributed by atoms with Crippen molar-refractivity contribution < 1.29 is 14.9 Å². The third-order valence-electron chi connectivity index (χ3n) is 4.57. The van der Waals surface area contributed by atoms with Crippen LogP contribution in [0.1, 0.15) is 6.42 Å². The van der Waals surface area contributed by atoms with Gasteiger partial charge in [-0.2, -0.15) is 0 Å². The normalized spacial score (nSPS) is 17.4. The van der Waals surface area contributed by atoms with Gasteiger partial charge in [0.25, 0.3) is 0 Å². The summed E-state index contributed by atoms with van der Waals surface area (Å²) in [4.78, 5) is 11.0. The monoisotopic (exact) mass is 408 g/mol. The van der Waals surface area contributed by atoms with E-state index in [2.05, 4.69) is 9.88 Å². The number of rotatable bonds is 5. The summed E-state index contributed by atoms with van der Waals surface area (Å²) in [6.07, 6.45) is 4.51. The number of aromatic nitrogens is 3. The first-order chi connectivity index (χ1) is 13.0. The lowest BCUT2D eigenvalue weighted by molar-refractivity contribution is -0.108. The van der Waals surface area contributed by atoms with Gasteiger partial charge < -0.3 is 24.4 Å². The Morgan fingerprint density at radius 3 is 2.89 bits per heavy atom. The number of hydrogen-bond acceptors (Lipinski definition) is 6. The maximum atomic E-state index is 8.98. The Kier molecular flexibility index (Phi) is 5.21. The molecule has 7 nitrogen and oxygen atoms in total. The van der Waals surface area contributed by atoms with E-state index in [4.69, 9.17) is 43.1 Å². The van der Waals surface area contributed by atoms with Crippen LogP contribution in [0.2, 0.25) is 10.0 Å². The lowest BCUT2D eigenvalue weighted by Crippen LogP contribution is -2.26. The molecule has 0 radical (unpaired) electrons. The number of hydrogen-bond donors (Lipinski definition) is 2. The molecule has 3 aromatic rings. The molecule has 1 aromatic carbocycles. The van der Waals surface area contributed by atoms with Gasteiger partial charge in [0.2, 0.25) is 0 Å². The minimum absolute atomic E-state index is 0.0872. The molecule has 3 heterocycles. The molecule has 1 aliphatic rings. The smallest absolute Gasteiger partial charge is 0.175 e. The summed E-state index contributed by atoms with van der Waals surface area (Å²) in [5.41, 5.74) is 1.53. The van der Waals surface area contributed by atoms with Crippen molar-refractivity contribution in [3.63, 3.8) is 0 Å². The van der Waals surface area contributed by atoms with E-state index >= 15 is 0 Å². The van der Waals surface area contributed by atoms with Crippen LogP contribution < -0.4 is 4.90 Å². The molecule has 9 heteroatoms. The summed E-state index contributed by atoms with van der Waals surface area (Å²) < 4.78 is 7.42. The number of aliphatic hydroxyl groups is 2. The zero-order valence-corrected chi connectivity index (χ0v) is 15.8. The van der Waals surface area contributed by atoms with Crippen LogP contribution in [-0.2, 0) is 4.74 Å². The molecule has 0 saturated carbocycles. The fourth-order valence-corrected chi connectivity index (χ4v) is 3.63. The first-order valence-corrected chi connectivity index (χ1v) is 9.28. The third-order valence-corrected chi connectivity index (χ3v) is 5.36. The van der Waals surface area contributed by atoms with Gasteiger partial charge >= 0.3 is 0 Å². The maximum absolute atomic E-state index is 8.98. The highest BCUT2D eigenvalue weighted by Crippen LogP contribution is 2.35. The van der Waals surface area contributed by atoms with Gasteiger partial charge in [-0.25, -0.2) is 9.97 Å². The number of ether oxygens (including phenoxy) is 1. The molecule has 0 aliphatic carbocycles. The number of aliphatic hydroxyl groups excluding tert-OH is 1. The molecule has 2 N–H and O–H groups in total. The molecule has 0 bridgehead atoms. The molecule has 1 atom stereocenters. The lowest BCUT2D eigenvalue weighted by Gasteiger charge is -2.20. The average molecular weight is 409 g/mol. The summed E-state index contributed by atoms with van der Waals surface area (Å²) >= 11 is 12.6. The van der Waals surface area contributed by atoms with Gasteiger partial charge in [0.1, 0.15) is 5.82 Å². The van der Waals surface area contributed by atoms with Gasteiger partial charge in [-0.15, -0.1) is 0 Å². The minimum Gasteiger partial charge on any atom is -0.371 e. The van der Waals surface area contributed by atoms with Crippen LogP contribution in [0.15, 0.2) is 36.9 Å². The number of halogens is 2. The van der Waals surface area contributed by atoms with Gasteiger partial charge in [0, 0.05) is 36.9 Å². The number of pyridine rings is 1. The SMILES string of the molecule is OC(O)CO[C@@H]1CCN(c2cc(-n3ccnc3)c3ccc(Cl)c(Cl)c3n2)C1. The van der Waals surface area contributed by atoms with Crippen LogP contribution in [0.25, 0.3) is 16.6 Å². The minimum atomic E-state index is -1.47. The van der Waals surface area contributed by atoms with E-state index in [0.29, 0.717) is 22.1 Å². The summed E-state index contributed by atoms with van der Waals surface area (Å²) in [5, 5.41) is 19.7. The predicted octanol–water partition coefficient (Wildman–Crippen LogP) is 2.63. The Hall–Kier alpha value is -1.90. The molecule has 0 unspecified atom stereocenters. The van der Waals surface area contributed by atoms with Crippen LogP contribution in [0.5, 0.6) is 0 Å². The quantitative estimate of drug-likeness (QED) is 0.631. The van der Waals surface area contributed by atoms with E-state index in [1.165, 1.54) is 0 Å². The zero-order valence-electron chi connectivity index (χ0n) is 14.3. The number of benzene rings is 1. The first kappa shape index (κ1) is 18.5. The Morgan fingerprint density at radius 1 is 1.30 bits per heavy atom. The predicted molar refractivity (Wildman–Crippen MR) is 104 cm³/mol. The molecule has 1 aliphatic heterocycles. The van der Waals surface area contributed by atoms with E-state index in [0.717, 1.165) is 29.9 Å². The van der Waals surface area contributed by atoms with Crippen molar-refractivity contribution in [1.82, 2.24) is 14.5 Å². The number of fused-ring (bicyclic) bond motifs is 1. The molecular weight excluding hydrogens is 391 g/mol. The van der Waals surface area contributed by atoms with E-state index in [-0.39, 0.29) is 12.7 Å². The highest BCUT2D eigenvalue weighted by molar-refractivity contribution is 6.45. The highest BCUT2D eigenvalue weighted by Gasteiger charge is 2.26. The fraction of sp³-hybridized carbons (Fsp3) is 0.333. The molecule has 142 valence electrons. The largest absolute Gasteiger partial charge is 0.371 e. The van der Waals surface area contributed by atoms with Gasteiger partial charge in [0.05, 0.1) is 40.3 Å². The van der Waals surface area contributed by atoms with E-state index in [1.54, 1.807) is 18.6 Å². The molecule has 0 amide bonds. The number of nitrogens with zero attached hydrogens (tertiary/aromatic N) is 4.